The molecular weight excluding hydrogens is 1370 g/mol. The third-order valence-electron chi connectivity index (χ3n) is 20.2. The van der Waals surface area contributed by atoms with Crippen molar-refractivity contribution in [2.24, 2.45) is 11.8 Å². The van der Waals surface area contributed by atoms with E-state index >= 15 is 0 Å². The van der Waals surface area contributed by atoms with Crippen LogP contribution in [0.1, 0.15) is 459 Å². The summed E-state index contributed by atoms with van der Waals surface area (Å²) in [7, 11) is -9.93. The molecule has 0 radical (unpaired) electrons. The number of phosphoric ester groups is 2. The number of rotatable bonds is 85. The lowest BCUT2D eigenvalue weighted by Crippen LogP contribution is -2.30. The van der Waals surface area contributed by atoms with Crippen LogP contribution in [-0.4, -0.2) is 96.7 Å². The predicted octanol–water partition coefficient (Wildman–Crippen LogP) is 26.2. The zero-order valence-electron chi connectivity index (χ0n) is 69.0. The maximum Gasteiger partial charge on any atom is 0.472 e. The Morgan fingerprint density at radius 2 is 0.438 bits per heavy atom. The molecule has 2 unspecified atom stereocenters. The van der Waals surface area contributed by atoms with Gasteiger partial charge < -0.3 is 33.8 Å². The minimum atomic E-state index is -4.97. The van der Waals surface area contributed by atoms with E-state index < -0.39 is 97.5 Å². The van der Waals surface area contributed by atoms with Gasteiger partial charge in [0.15, 0.2) is 12.2 Å². The molecule has 19 heteroatoms. The number of carbonyl (C=O) groups excluding carboxylic acids is 4. The summed E-state index contributed by atoms with van der Waals surface area (Å²) in [5, 5.41) is 10.7. The maximum absolute atomic E-state index is 13.1. The van der Waals surface area contributed by atoms with Crippen LogP contribution in [-0.2, 0) is 65.4 Å². The van der Waals surface area contributed by atoms with E-state index in [0.717, 1.165) is 102 Å². The van der Waals surface area contributed by atoms with Crippen molar-refractivity contribution in [2.45, 2.75) is 477 Å². The van der Waals surface area contributed by atoms with Gasteiger partial charge in [-0.3, -0.25) is 37.3 Å². The molecule has 0 amide bonds. The maximum atomic E-state index is 13.1. The van der Waals surface area contributed by atoms with Gasteiger partial charge in [-0.2, -0.15) is 0 Å². The second kappa shape index (κ2) is 77.4. The summed E-state index contributed by atoms with van der Waals surface area (Å²) >= 11 is 0. The molecule has 0 aromatic carbocycles. The quantitative estimate of drug-likeness (QED) is 0.0222. The molecule has 0 aliphatic rings. The highest BCUT2D eigenvalue weighted by Gasteiger charge is 2.30. The highest BCUT2D eigenvalue weighted by Crippen LogP contribution is 2.45. The van der Waals surface area contributed by atoms with Crippen molar-refractivity contribution in [1.82, 2.24) is 0 Å². The van der Waals surface area contributed by atoms with Gasteiger partial charge in [-0.05, 0) is 37.5 Å². The Balaban J connectivity index is 5.25. The monoisotopic (exact) mass is 1540 g/mol. The van der Waals surface area contributed by atoms with Crippen molar-refractivity contribution >= 4 is 39.5 Å². The minimum Gasteiger partial charge on any atom is -0.462 e. The molecule has 5 atom stereocenters. The van der Waals surface area contributed by atoms with Crippen LogP contribution in [0.25, 0.3) is 0 Å². The van der Waals surface area contributed by atoms with Crippen molar-refractivity contribution in [2.75, 3.05) is 39.6 Å². The molecule has 0 aromatic rings. The molecular formula is C86H168O17P2. The third-order valence-corrected chi connectivity index (χ3v) is 22.1. The molecule has 624 valence electrons. The molecule has 0 saturated heterocycles. The average Bonchev–Trinajstić information content (AvgIpc) is 0.908. The Bertz CT molecular complexity index is 2010. The van der Waals surface area contributed by atoms with Crippen molar-refractivity contribution in [3.63, 3.8) is 0 Å². The largest absolute Gasteiger partial charge is 0.472 e. The van der Waals surface area contributed by atoms with E-state index in [-0.39, 0.29) is 25.7 Å². The first kappa shape index (κ1) is 103. The van der Waals surface area contributed by atoms with Gasteiger partial charge in [-0.25, -0.2) is 9.13 Å². The highest BCUT2D eigenvalue weighted by molar-refractivity contribution is 7.47. The molecule has 0 bridgehead atoms. The van der Waals surface area contributed by atoms with E-state index in [9.17, 15) is 43.2 Å². The first-order chi connectivity index (χ1) is 50.9. The minimum absolute atomic E-state index is 0.108. The molecule has 0 aliphatic heterocycles. The average molecular weight is 1540 g/mol. The Morgan fingerprint density at radius 3 is 0.648 bits per heavy atom. The topological polar surface area (TPSA) is 237 Å². The molecule has 0 rings (SSSR count). The fraction of sp³-hybridized carbons (Fsp3) is 0.953. The molecule has 0 aromatic heterocycles. The van der Waals surface area contributed by atoms with Gasteiger partial charge in [0.05, 0.1) is 26.4 Å². The van der Waals surface area contributed by atoms with Gasteiger partial charge >= 0.3 is 39.5 Å². The standard InChI is InChI=1S/C86H168O17P2/c1-7-9-11-13-15-17-19-21-22-23-24-25-26-27-28-33-40-46-52-58-64-70-85(90)102-82(75-97-84(89)69-63-57-51-45-39-32-30-29-31-36-42-48-54-60-66-78(3)4)77-101-105(94,95)99-73-80(87)72-98-104(92,93)100-76-81(74-96-83(88)68-62-56-50-44-38-20-18-16-14-12-10-8-2)103-86(91)71-65-59-53-47-41-35-34-37-43-49-55-61-67-79(5)6/h78-82,87H,7-77H2,1-6H3,(H,92,93)(H,94,95)/t80-,81+,82+/m0/s1. The fourth-order valence-electron chi connectivity index (χ4n) is 13.4. The summed E-state index contributed by atoms with van der Waals surface area (Å²) in [6.07, 6.45) is 69.4. The molecule has 17 nitrogen and oxygen atoms in total. The van der Waals surface area contributed by atoms with E-state index in [2.05, 4.69) is 41.5 Å². The molecule has 3 N–H and O–H groups in total. The Hall–Kier alpha value is -1.94. The molecule has 0 fully saturated rings. The van der Waals surface area contributed by atoms with Crippen LogP contribution in [0, 0.1) is 11.8 Å². The fourth-order valence-corrected chi connectivity index (χ4v) is 15.0. The van der Waals surface area contributed by atoms with E-state index in [1.807, 2.05) is 0 Å². The van der Waals surface area contributed by atoms with Crippen molar-refractivity contribution in [3.8, 4) is 0 Å². The van der Waals surface area contributed by atoms with Crippen molar-refractivity contribution in [3.05, 3.63) is 0 Å². The van der Waals surface area contributed by atoms with Crippen LogP contribution >= 0.6 is 15.6 Å². The van der Waals surface area contributed by atoms with Gasteiger partial charge in [0.1, 0.15) is 19.3 Å². The number of unbranched alkanes of at least 4 members (excludes halogenated alkanes) is 55. The summed E-state index contributed by atoms with van der Waals surface area (Å²) in [5.41, 5.74) is 0. The van der Waals surface area contributed by atoms with Crippen LogP contribution in [0.2, 0.25) is 0 Å². The smallest absolute Gasteiger partial charge is 0.462 e. The zero-order valence-corrected chi connectivity index (χ0v) is 70.8. The number of aliphatic hydroxyl groups excluding tert-OH is 1. The van der Waals surface area contributed by atoms with Gasteiger partial charge in [-0.15, -0.1) is 0 Å². The number of hydrogen-bond donors (Lipinski definition) is 3. The summed E-state index contributed by atoms with van der Waals surface area (Å²) in [6.45, 7) is 9.70. The van der Waals surface area contributed by atoms with Gasteiger partial charge in [0.25, 0.3) is 0 Å². The van der Waals surface area contributed by atoms with Gasteiger partial charge in [0.2, 0.25) is 0 Å². The Kier molecular flexibility index (Phi) is 76.0. The predicted molar refractivity (Wildman–Crippen MR) is 432 cm³/mol. The SMILES string of the molecule is CCCCCCCCCCCCCCCCCCCCCCCC(=O)O[C@H](COC(=O)CCCCCCCCCCCCCCCCC(C)C)COP(=O)(O)OC[C@@H](O)COP(=O)(O)OC[C@@H](COC(=O)CCCCCCCCCCCCCC)OC(=O)CCCCCCCCCCCCCCC(C)C. The number of carbonyl (C=O) groups is 4. The molecule has 0 spiro atoms. The van der Waals surface area contributed by atoms with Gasteiger partial charge in [-0.1, -0.05) is 408 Å². The molecule has 105 heavy (non-hydrogen) atoms. The lowest BCUT2D eigenvalue weighted by molar-refractivity contribution is -0.161. The Labute approximate surface area is 645 Å². The molecule has 0 saturated carbocycles. The van der Waals surface area contributed by atoms with Crippen LogP contribution in [0.4, 0.5) is 0 Å². The highest BCUT2D eigenvalue weighted by atomic mass is 31.2. The number of aliphatic hydroxyl groups is 1. The van der Waals surface area contributed by atoms with E-state index in [0.29, 0.717) is 25.7 Å². The van der Waals surface area contributed by atoms with E-state index in [1.165, 1.54) is 276 Å². The zero-order chi connectivity index (χ0) is 77.1. The van der Waals surface area contributed by atoms with Crippen LogP contribution in [0.15, 0.2) is 0 Å². The number of phosphoric acid groups is 2. The first-order valence-electron chi connectivity index (χ1n) is 44.5. The van der Waals surface area contributed by atoms with Crippen LogP contribution in [0.3, 0.4) is 0 Å². The summed E-state index contributed by atoms with van der Waals surface area (Å²) in [4.78, 5) is 73.2. The number of hydrogen-bond acceptors (Lipinski definition) is 15. The second-order valence-electron chi connectivity index (χ2n) is 31.9. The summed E-state index contributed by atoms with van der Waals surface area (Å²) in [6, 6.07) is 0. The van der Waals surface area contributed by atoms with Crippen molar-refractivity contribution < 1.29 is 80.2 Å². The van der Waals surface area contributed by atoms with Crippen molar-refractivity contribution in [1.29, 1.82) is 0 Å². The summed E-state index contributed by atoms with van der Waals surface area (Å²) in [5.74, 6) is -0.525. The summed E-state index contributed by atoms with van der Waals surface area (Å²) < 4.78 is 68.9. The lowest BCUT2D eigenvalue weighted by atomic mass is 10.0. The van der Waals surface area contributed by atoms with E-state index in [4.69, 9.17) is 37.0 Å². The number of ether oxygens (including phenoxy) is 4. The van der Waals surface area contributed by atoms with Gasteiger partial charge in [0, 0.05) is 25.7 Å². The van der Waals surface area contributed by atoms with Crippen LogP contribution in [0.5, 0.6) is 0 Å². The lowest BCUT2D eigenvalue weighted by Gasteiger charge is -2.21. The normalized spacial score (nSPS) is 13.8. The number of esters is 4. The van der Waals surface area contributed by atoms with Crippen LogP contribution < -0.4 is 0 Å². The molecule has 0 aliphatic carbocycles. The second-order valence-corrected chi connectivity index (χ2v) is 34.8. The first-order valence-corrected chi connectivity index (χ1v) is 47.5. The molecule has 0 heterocycles. The van der Waals surface area contributed by atoms with E-state index in [1.54, 1.807) is 0 Å². The third kappa shape index (κ3) is 79.9. The Morgan fingerprint density at radius 1 is 0.257 bits per heavy atom.